The fourth-order valence-electron chi connectivity index (χ4n) is 2.07. The predicted molar refractivity (Wildman–Crippen MR) is 83.6 cm³/mol. The summed E-state index contributed by atoms with van der Waals surface area (Å²) in [5, 5.41) is 7.95. The number of urea groups is 2. The van der Waals surface area contributed by atoms with E-state index < -0.39 is 12.1 Å². The molecule has 0 aromatic carbocycles. The van der Waals surface area contributed by atoms with E-state index in [9.17, 15) is 9.59 Å². The van der Waals surface area contributed by atoms with Crippen molar-refractivity contribution in [3.8, 4) is 0 Å². The minimum atomic E-state index is -0.919. The first kappa shape index (κ1) is 17.7. The van der Waals surface area contributed by atoms with E-state index in [1.807, 2.05) is 0 Å². The number of amides is 4. The maximum absolute atomic E-state index is 11.3. The average molecular weight is 312 g/mol. The number of nitrogens with two attached hydrogens (primary N) is 4. The molecule has 0 bridgehead atoms. The second-order valence-corrected chi connectivity index (χ2v) is 4.95. The van der Waals surface area contributed by atoms with E-state index in [0.717, 1.165) is 25.7 Å². The molecule has 0 aliphatic carbocycles. The molecular formula is C12H24N8O2. The lowest BCUT2D eigenvalue weighted by Crippen LogP contribution is -2.46. The number of nitrogens with zero attached hydrogens (tertiary/aromatic N) is 3. The number of H-pyrrole nitrogens is 1. The minimum Gasteiger partial charge on any atom is -0.350 e. The third kappa shape index (κ3) is 4.33. The van der Waals surface area contributed by atoms with Crippen molar-refractivity contribution in [3.05, 3.63) is 5.69 Å². The summed E-state index contributed by atoms with van der Waals surface area (Å²) in [4.78, 5) is 22.5. The lowest BCUT2D eigenvalue weighted by atomic mass is 10.1. The van der Waals surface area contributed by atoms with Crippen molar-refractivity contribution in [2.45, 2.75) is 45.4 Å². The van der Waals surface area contributed by atoms with Crippen molar-refractivity contribution in [1.29, 1.82) is 0 Å². The number of primary amides is 2. The molecule has 1 rings (SSSR count). The third-order valence-corrected chi connectivity index (χ3v) is 3.27. The predicted octanol–water partition coefficient (Wildman–Crippen LogP) is 0.440. The number of aromatic amines is 1. The summed E-state index contributed by atoms with van der Waals surface area (Å²) in [6.45, 7) is 2.14. The standard InChI is InChI=1S/C12H24N8O2/c1-2-3-4-5-6-7-8-9(19(15)11(13)21)10(18-17-8)20(16)12(14)22/h2-7,15-16H2,1H3,(H2,13,21)(H2,14,22)(H,17,18). The minimum absolute atomic E-state index is 0.0253. The van der Waals surface area contributed by atoms with Crippen LogP contribution in [0.3, 0.4) is 0 Å². The van der Waals surface area contributed by atoms with Gasteiger partial charge in [-0.2, -0.15) is 5.10 Å². The van der Waals surface area contributed by atoms with E-state index in [2.05, 4.69) is 17.1 Å². The van der Waals surface area contributed by atoms with E-state index in [1.54, 1.807) is 0 Å². The molecule has 0 unspecified atom stereocenters. The molecule has 0 fully saturated rings. The Morgan fingerprint density at radius 3 is 2.18 bits per heavy atom. The van der Waals surface area contributed by atoms with Crippen LogP contribution in [0.1, 0.15) is 44.7 Å². The van der Waals surface area contributed by atoms with Crippen LogP contribution >= 0.6 is 0 Å². The maximum Gasteiger partial charge on any atom is 0.335 e. The van der Waals surface area contributed by atoms with E-state index in [-0.39, 0.29) is 11.5 Å². The Morgan fingerprint density at radius 1 is 1.05 bits per heavy atom. The first-order valence-electron chi connectivity index (χ1n) is 7.15. The molecule has 0 saturated carbocycles. The molecule has 22 heavy (non-hydrogen) atoms. The van der Waals surface area contributed by atoms with Crippen molar-refractivity contribution in [1.82, 2.24) is 10.2 Å². The van der Waals surface area contributed by atoms with Gasteiger partial charge in [-0.3, -0.25) is 5.10 Å². The summed E-state index contributed by atoms with van der Waals surface area (Å²) in [6, 6.07) is -1.81. The number of aryl methyl sites for hydroxylation is 1. The van der Waals surface area contributed by atoms with E-state index in [4.69, 9.17) is 23.2 Å². The van der Waals surface area contributed by atoms with Gasteiger partial charge >= 0.3 is 12.1 Å². The number of hydrogen-bond acceptors (Lipinski definition) is 5. The lowest BCUT2D eigenvalue weighted by molar-refractivity contribution is 0.252. The summed E-state index contributed by atoms with van der Waals surface area (Å²) in [7, 11) is 0. The fourth-order valence-corrected chi connectivity index (χ4v) is 2.07. The summed E-state index contributed by atoms with van der Waals surface area (Å²) < 4.78 is 0. The van der Waals surface area contributed by atoms with Gasteiger partial charge in [0.25, 0.3) is 0 Å². The molecule has 1 aromatic heterocycles. The maximum atomic E-state index is 11.3. The van der Waals surface area contributed by atoms with Crippen LogP contribution < -0.4 is 33.2 Å². The number of anilines is 2. The molecule has 9 N–H and O–H groups in total. The molecule has 124 valence electrons. The number of hydrogen-bond donors (Lipinski definition) is 5. The van der Waals surface area contributed by atoms with Crippen LogP contribution in [0, 0.1) is 0 Å². The van der Waals surface area contributed by atoms with Gasteiger partial charge in [0.05, 0.1) is 5.69 Å². The molecule has 0 aliphatic rings. The SMILES string of the molecule is CCCCCCCc1n[nH]c(N(N)C(N)=O)c1N(N)C(N)=O. The Morgan fingerprint density at radius 2 is 1.64 bits per heavy atom. The molecule has 1 aromatic rings. The summed E-state index contributed by atoms with van der Waals surface area (Å²) in [5.74, 6) is 11.2. The van der Waals surface area contributed by atoms with Crippen LogP contribution in [0.15, 0.2) is 0 Å². The number of aromatic nitrogens is 2. The van der Waals surface area contributed by atoms with Crippen molar-refractivity contribution in [2.24, 2.45) is 23.2 Å². The molecule has 0 saturated heterocycles. The van der Waals surface area contributed by atoms with Gasteiger partial charge in [0.2, 0.25) is 0 Å². The first-order chi connectivity index (χ1) is 10.4. The van der Waals surface area contributed by atoms with Gasteiger partial charge in [-0.05, 0) is 12.8 Å². The zero-order valence-electron chi connectivity index (χ0n) is 12.7. The Kier molecular flexibility index (Phi) is 6.60. The quantitative estimate of drug-likeness (QED) is 0.202. The summed E-state index contributed by atoms with van der Waals surface area (Å²) in [6.07, 6.45) is 5.90. The summed E-state index contributed by atoms with van der Waals surface area (Å²) >= 11 is 0. The average Bonchev–Trinajstić information content (AvgIpc) is 2.88. The number of hydrazine groups is 2. The lowest BCUT2D eigenvalue weighted by Gasteiger charge is -2.19. The molecule has 0 spiro atoms. The number of unbranched alkanes of at least 4 members (excludes halogenated alkanes) is 4. The number of rotatable bonds is 8. The van der Waals surface area contributed by atoms with Gasteiger partial charge in [0.1, 0.15) is 5.69 Å². The van der Waals surface area contributed by atoms with E-state index in [1.165, 1.54) is 6.42 Å². The second-order valence-electron chi connectivity index (χ2n) is 4.95. The third-order valence-electron chi connectivity index (χ3n) is 3.27. The van der Waals surface area contributed by atoms with Crippen LogP contribution in [0.4, 0.5) is 21.1 Å². The zero-order chi connectivity index (χ0) is 16.7. The Labute approximate surface area is 128 Å². The Hall–Kier alpha value is -2.33. The van der Waals surface area contributed by atoms with Gasteiger partial charge in [0, 0.05) is 0 Å². The van der Waals surface area contributed by atoms with Crippen LogP contribution in [0.25, 0.3) is 0 Å². The van der Waals surface area contributed by atoms with E-state index >= 15 is 0 Å². The van der Waals surface area contributed by atoms with Crippen molar-refractivity contribution in [3.63, 3.8) is 0 Å². The highest BCUT2D eigenvalue weighted by molar-refractivity contribution is 5.98. The van der Waals surface area contributed by atoms with Crippen LogP contribution in [0.5, 0.6) is 0 Å². The molecule has 10 heteroatoms. The highest BCUT2D eigenvalue weighted by Gasteiger charge is 2.25. The summed E-state index contributed by atoms with van der Waals surface area (Å²) in [5.41, 5.74) is 11.0. The number of carbonyl (C=O) groups excluding carboxylic acids is 2. The van der Waals surface area contributed by atoms with Gasteiger partial charge in [-0.15, -0.1) is 0 Å². The highest BCUT2D eigenvalue weighted by atomic mass is 16.2. The van der Waals surface area contributed by atoms with Gasteiger partial charge in [-0.1, -0.05) is 32.6 Å². The molecule has 4 amide bonds. The van der Waals surface area contributed by atoms with Crippen molar-refractivity contribution in [2.75, 3.05) is 10.0 Å². The van der Waals surface area contributed by atoms with E-state index in [0.29, 0.717) is 22.1 Å². The first-order valence-corrected chi connectivity index (χ1v) is 7.15. The van der Waals surface area contributed by atoms with Crippen LogP contribution in [0.2, 0.25) is 0 Å². The highest BCUT2D eigenvalue weighted by Crippen LogP contribution is 2.29. The largest absolute Gasteiger partial charge is 0.350 e. The molecular weight excluding hydrogens is 288 g/mol. The number of carbonyl (C=O) groups is 2. The zero-order valence-corrected chi connectivity index (χ0v) is 12.7. The molecule has 0 radical (unpaired) electrons. The number of nitrogens with one attached hydrogen (secondary N) is 1. The fraction of sp³-hybridized carbons (Fsp3) is 0.583. The van der Waals surface area contributed by atoms with Gasteiger partial charge < -0.3 is 11.5 Å². The normalized spacial score (nSPS) is 10.5. The molecule has 1 heterocycles. The smallest absolute Gasteiger partial charge is 0.335 e. The van der Waals surface area contributed by atoms with Gasteiger partial charge in [-0.25, -0.2) is 31.3 Å². The van der Waals surface area contributed by atoms with Crippen LogP contribution in [-0.2, 0) is 6.42 Å². The van der Waals surface area contributed by atoms with Gasteiger partial charge in [0.15, 0.2) is 5.82 Å². The Balaban J connectivity index is 2.92. The van der Waals surface area contributed by atoms with Crippen molar-refractivity contribution >= 4 is 23.6 Å². The van der Waals surface area contributed by atoms with Crippen molar-refractivity contribution < 1.29 is 9.59 Å². The second kappa shape index (κ2) is 8.20. The molecule has 0 atom stereocenters. The van der Waals surface area contributed by atoms with Crippen LogP contribution in [-0.4, -0.2) is 22.3 Å². The molecule has 0 aliphatic heterocycles. The topological polar surface area (TPSA) is 173 Å². The molecule has 10 nitrogen and oxygen atoms in total. The monoisotopic (exact) mass is 312 g/mol. The Bertz CT molecular complexity index is 515.